The third-order valence-corrected chi connectivity index (χ3v) is 7.65. The molecule has 2 aliphatic heterocycles. The Morgan fingerprint density at radius 3 is 2.67 bits per heavy atom. The number of fused-ring (bicyclic) bond motifs is 1. The van der Waals surface area contributed by atoms with Crippen LogP contribution in [0.4, 0.5) is 5.69 Å². The number of thiophene rings is 1. The van der Waals surface area contributed by atoms with Crippen molar-refractivity contribution < 1.29 is 9.59 Å². The monoisotopic (exact) mass is 462 g/mol. The van der Waals surface area contributed by atoms with Gasteiger partial charge in [0.15, 0.2) is 0 Å². The number of aromatic nitrogens is 2. The Bertz CT molecular complexity index is 1100. The van der Waals surface area contributed by atoms with Crippen LogP contribution in [0, 0.1) is 0 Å². The van der Waals surface area contributed by atoms with Crippen LogP contribution in [0.15, 0.2) is 53.5 Å². The van der Waals surface area contributed by atoms with Gasteiger partial charge in [-0.05, 0) is 59.7 Å². The van der Waals surface area contributed by atoms with E-state index in [-0.39, 0.29) is 24.7 Å². The van der Waals surface area contributed by atoms with E-state index in [2.05, 4.69) is 38.6 Å². The molecule has 3 aromatic rings. The first kappa shape index (κ1) is 21.9. The number of imidazole rings is 1. The summed E-state index contributed by atoms with van der Waals surface area (Å²) in [5.41, 5.74) is 3.59. The number of carbonyl (C=O) groups excluding carboxylic acids is 2. The topological polar surface area (TPSA) is 58.4 Å². The molecule has 2 amide bonds. The molecule has 0 radical (unpaired) electrons. The third kappa shape index (κ3) is 4.88. The fraction of sp³-hybridized carbons (Fsp3) is 0.423. The van der Waals surface area contributed by atoms with Crippen molar-refractivity contribution in [1.29, 1.82) is 0 Å². The van der Waals surface area contributed by atoms with Gasteiger partial charge in [0.2, 0.25) is 11.8 Å². The minimum absolute atomic E-state index is 0.0517. The van der Waals surface area contributed by atoms with Crippen LogP contribution in [-0.4, -0.2) is 45.9 Å². The molecule has 0 spiro atoms. The van der Waals surface area contributed by atoms with Gasteiger partial charge in [-0.1, -0.05) is 18.2 Å². The molecule has 6 nitrogen and oxygen atoms in total. The zero-order chi connectivity index (χ0) is 22.6. The molecule has 0 unspecified atom stereocenters. The minimum Gasteiger partial charge on any atom is -0.343 e. The molecule has 2 aromatic heterocycles. The van der Waals surface area contributed by atoms with Crippen LogP contribution in [0.3, 0.4) is 0 Å². The smallest absolute Gasteiger partial charge is 0.227 e. The van der Waals surface area contributed by atoms with E-state index in [1.54, 1.807) is 11.3 Å². The molecule has 5 rings (SSSR count). The van der Waals surface area contributed by atoms with Crippen molar-refractivity contribution in [3.05, 3.63) is 70.4 Å². The highest BCUT2D eigenvalue weighted by molar-refractivity contribution is 7.07. The lowest BCUT2D eigenvalue weighted by atomic mass is 9.95. The fourth-order valence-corrected chi connectivity index (χ4v) is 5.75. The van der Waals surface area contributed by atoms with Crippen molar-refractivity contribution >= 4 is 28.8 Å². The summed E-state index contributed by atoms with van der Waals surface area (Å²) in [6.45, 7) is 3.13. The van der Waals surface area contributed by atoms with Crippen LogP contribution >= 0.6 is 11.3 Å². The van der Waals surface area contributed by atoms with E-state index in [9.17, 15) is 9.59 Å². The third-order valence-electron chi connectivity index (χ3n) is 6.92. The van der Waals surface area contributed by atoms with Crippen LogP contribution in [0.2, 0.25) is 0 Å². The van der Waals surface area contributed by atoms with Crippen molar-refractivity contribution in [2.24, 2.45) is 0 Å². The summed E-state index contributed by atoms with van der Waals surface area (Å²) >= 11 is 1.74. The van der Waals surface area contributed by atoms with E-state index in [0.717, 1.165) is 63.4 Å². The predicted octanol–water partition coefficient (Wildman–Crippen LogP) is 4.26. The minimum atomic E-state index is 0.0517. The van der Waals surface area contributed by atoms with Crippen molar-refractivity contribution in [1.82, 2.24) is 14.5 Å². The Labute approximate surface area is 198 Å². The molecule has 0 saturated carbocycles. The van der Waals surface area contributed by atoms with Gasteiger partial charge in [-0.15, -0.1) is 0 Å². The molecule has 0 N–H and O–H groups in total. The molecule has 0 atom stereocenters. The summed E-state index contributed by atoms with van der Waals surface area (Å²) in [6, 6.07) is 10.2. The molecular formula is C26H30N4O2S. The first-order valence-corrected chi connectivity index (χ1v) is 12.8. The van der Waals surface area contributed by atoms with Gasteiger partial charge in [0.1, 0.15) is 5.82 Å². The van der Waals surface area contributed by atoms with E-state index in [4.69, 9.17) is 0 Å². The average molecular weight is 463 g/mol. The van der Waals surface area contributed by atoms with Crippen molar-refractivity contribution in [2.75, 3.05) is 24.5 Å². The maximum Gasteiger partial charge on any atom is 0.227 e. The van der Waals surface area contributed by atoms with Gasteiger partial charge >= 0.3 is 0 Å². The summed E-state index contributed by atoms with van der Waals surface area (Å²) in [5, 5.41) is 4.32. The lowest BCUT2D eigenvalue weighted by Gasteiger charge is -2.32. The second-order valence-corrected chi connectivity index (χ2v) is 9.72. The van der Waals surface area contributed by atoms with E-state index < -0.39 is 0 Å². The quantitative estimate of drug-likeness (QED) is 0.527. The number of amides is 2. The Morgan fingerprint density at radius 1 is 1.03 bits per heavy atom. The van der Waals surface area contributed by atoms with Gasteiger partial charge in [0.25, 0.3) is 0 Å². The number of para-hydroxylation sites is 1. The maximum atomic E-state index is 12.8. The normalized spacial score (nSPS) is 16.2. The number of hydrogen-bond donors (Lipinski definition) is 0. The van der Waals surface area contributed by atoms with Crippen molar-refractivity contribution in [3.8, 4) is 0 Å². The van der Waals surface area contributed by atoms with Crippen LogP contribution in [0.25, 0.3) is 0 Å². The number of rotatable bonds is 7. The summed E-state index contributed by atoms with van der Waals surface area (Å²) < 4.78 is 2.27. The van der Waals surface area contributed by atoms with Crippen LogP contribution in [0.5, 0.6) is 0 Å². The van der Waals surface area contributed by atoms with Crippen molar-refractivity contribution in [2.45, 2.75) is 51.0 Å². The van der Waals surface area contributed by atoms with Gasteiger partial charge in [-0.2, -0.15) is 11.3 Å². The second kappa shape index (κ2) is 9.91. The number of benzene rings is 1. The van der Waals surface area contributed by atoms with Crippen LogP contribution in [0.1, 0.15) is 48.6 Å². The molecular weight excluding hydrogens is 432 g/mol. The molecule has 1 saturated heterocycles. The summed E-state index contributed by atoms with van der Waals surface area (Å²) in [6.07, 6.45) is 8.29. The number of carbonyl (C=O) groups is 2. The zero-order valence-electron chi connectivity index (χ0n) is 18.9. The average Bonchev–Trinajstić information content (AvgIpc) is 3.61. The Morgan fingerprint density at radius 2 is 1.85 bits per heavy atom. The maximum absolute atomic E-state index is 12.8. The number of anilines is 1. The number of hydrogen-bond acceptors (Lipinski definition) is 4. The van der Waals surface area contributed by atoms with E-state index in [1.165, 1.54) is 11.1 Å². The zero-order valence-corrected chi connectivity index (χ0v) is 19.7. The van der Waals surface area contributed by atoms with Crippen LogP contribution < -0.4 is 4.90 Å². The number of aryl methyl sites for hydroxylation is 2. The van der Waals surface area contributed by atoms with Crippen LogP contribution in [-0.2, 0) is 29.0 Å². The van der Waals surface area contributed by atoms with E-state index in [1.807, 2.05) is 34.2 Å². The highest BCUT2D eigenvalue weighted by atomic mass is 32.1. The predicted molar refractivity (Wildman–Crippen MR) is 131 cm³/mol. The summed E-state index contributed by atoms with van der Waals surface area (Å²) in [7, 11) is 0. The molecule has 1 aromatic carbocycles. The molecule has 0 bridgehead atoms. The number of nitrogens with zero attached hydrogens (tertiary/aromatic N) is 4. The highest BCUT2D eigenvalue weighted by Crippen LogP contribution is 2.29. The highest BCUT2D eigenvalue weighted by Gasteiger charge is 2.28. The Kier molecular flexibility index (Phi) is 6.58. The molecule has 0 aliphatic carbocycles. The molecule has 4 heterocycles. The summed E-state index contributed by atoms with van der Waals surface area (Å²) in [5.74, 6) is 1.67. The van der Waals surface area contributed by atoms with Gasteiger partial charge in [0.05, 0.1) is 0 Å². The molecule has 172 valence electrons. The first-order valence-electron chi connectivity index (χ1n) is 11.9. The van der Waals surface area contributed by atoms with Gasteiger partial charge in [-0.25, -0.2) is 4.98 Å². The molecule has 2 aliphatic rings. The second-order valence-electron chi connectivity index (χ2n) is 8.94. The molecule has 1 fully saturated rings. The largest absolute Gasteiger partial charge is 0.343 e. The lowest BCUT2D eigenvalue weighted by molar-refractivity contribution is -0.134. The molecule has 7 heteroatoms. The van der Waals surface area contributed by atoms with Gasteiger partial charge < -0.3 is 14.4 Å². The van der Waals surface area contributed by atoms with E-state index >= 15 is 0 Å². The number of piperidine rings is 1. The Balaban J connectivity index is 1.10. The fourth-order valence-electron chi connectivity index (χ4n) is 5.05. The van der Waals surface area contributed by atoms with E-state index in [0.29, 0.717) is 5.92 Å². The lowest BCUT2D eigenvalue weighted by Crippen LogP contribution is -2.39. The number of likely N-dealkylation sites (tertiary alicyclic amines) is 1. The SMILES string of the molecule is O=C(CCC(=O)N1CCc2ccccc21)N1CCC(c2nccn2CCc2ccsc2)CC1. The van der Waals surface area contributed by atoms with Gasteiger partial charge in [0, 0.05) is 63.0 Å². The Hall–Kier alpha value is -2.93. The standard InChI is InChI=1S/C26H30N4O2S/c31-24(5-6-25(32)30-16-10-21-3-1-2-4-23(21)30)28-14-8-22(9-15-28)26-27-12-17-29(26)13-7-20-11-18-33-19-20/h1-4,11-12,17-19,22H,5-10,13-16H2. The van der Waals surface area contributed by atoms with Crippen molar-refractivity contribution in [3.63, 3.8) is 0 Å². The van der Waals surface area contributed by atoms with Gasteiger partial charge in [-0.3, -0.25) is 9.59 Å². The summed E-state index contributed by atoms with van der Waals surface area (Å²) in [4.78, 5) is 33.9. The first-order chi connectivity index (χ1) is 16.2. The molecule has 33 heavy (non-hydrogen) atoms.